The molecule has 0 unspecified atom stereocenters. The highest BCUT2D eigenvalue weighted by Gasteiger charge is 2.07. The normalized spacial score (nSPS) is 10.2. The van der Waals surface area contributed by atoms with Gasteiger partial charge in [-0.3, -0.25) is 0 Å². The Morgan fingerprint density at radius 2 is 2.29 bits per heavy atom. The Balaban J connectivity index is 2.30. The lowest BCUT2D eigenvalue weighted by molar-refractivity contribution is 0.990. The molecule has 0 bridgehead atoms. The molecule has 0 spiro atoms. The Hall–Kier alpha value is -1.18. The first kappa shape index (κ1) is 12.3. The van der Waals surface area contributed by atoms with Crippen molar-refractivity contribution in [2.45, 2.75) is 19.8 Å². The molecule has 17 heavy (non-hydrogen) atoms. The summed E-state index contributed by atoms with van der Waals surface area (Å²) >= 11 is 5.10. The maximum atomic E-state index is 8.55. The van der Waals surface area contributed by atoms with Gasteiger partial charge >= 0.3 is 0 Å². The number of halogens is 1. The number of aryl methyl sites for hydroxylation is 2. The van der Waals surface area contributed by atoms with E-state index in [0.717, 1.165) is 27.2 Å². The minimum absolute atomic E-state index is 0.532. The average molecular weight is 307 g/mol. The molecule has 0 fully saturated rings. The number of benzene rings is 1. The molecule has 0 aliphatic rings. The lowest BCUT2D eigenvalue weighted by Gasteiger charge is -2.02. The van der Waals surface area contributed by atoms with Crippen LogP contribution in [0, 0.1) is 18.3 Å². The largest absolute Gasteiger partial charge is 0.241 e. The van der Waals surface area contributed by atoms with E-state index in [9.17, 15) is 0 Å². The molecule has 86 valence electrons. The van der Waals surface area contributed by atoms with Crippen molar-refractivity contribution in [2.24, 2.45) is 0 Å². The van der Waals surface area contributed by atoms with Crippen molar-refractivity contribution in [3.63, 3.8) is 0 Å². The molecule has 2 nitrogen and oxygen atoms in total. The van der Waals surface area contributed by atoms with Crippen LogP contribution in [0.3, 0.4) is 0 Å². The van der Waals surface area contributed by atoms with Gasteiger partial charge in [0.1, 0.15) is 0 Å². The Kier molecular flexibility index (Phi) is 3.93. The van der Waals surface area contributed by atoms with Crippen LogP contribution < -0.4 is 0 Å². The molecule has 0 atom stereocenters. The highest BCUT2D eigenvalue weighted by molar-refractivity contribution is 9.10. The summed E-state index contributed by atoms with van der Waals surface area (Å²) in [5.41, 5.74) is 3.37. The van der Waals surface area contributed by atoms with Crippen LogP contribution in [-0.4, -0.2) is 4.98 Å². The summed E-state index contributed by atoms with van der Waals surface area (Å²) in [6.45, 7) is 2.08. The van der Waals surface area contributed by atoms with Gasteiger partial charge in [-0.25, -0.2) is 4.98 Å². The molecule has 1 aromatic heterocycles. The number of nitrogens with zero attached hydrogens (tertiary/aromatic N) is 2. The second kappa shape index (κ2) is 5.44. The Morgan fingerprint density at radius 3 is 3.06 bits per heavy atom. The molecule has 0 saturated carbocycles. The van der Waals surface area contributed by atoms with E-state index in [2.05, 4.69) is 51.4 Å². The number of aromatic nitrogens is 1. The zero-order valence-corrected chi connectivity index (χ0v) is 11.8. The van der Waals surface area contributed by atoms with Gasteiger partial charge in [0.05, 0.1) is 16.8 Å². The van der Waals surface area contributed by atoms with E-state index >= 15 is 0 Å². The van der Waals surface area contributed by atoms with Crippen LogP contribution in [0.1, 0.15) is 17.0 Å². The molecule has 2 aromatic rings. The van der Waals surface area contributed by atoms with Crippen LogP contribution in [-0.2, 0) is 6.42 Å². The lowest BCUT2D eigenvalue weighted by Crippen LogP contribution is -1.86. The number of thiazole rings is 1. The molecule has 2 rings (SSSR count). The number of rotatable bonds is 3. The van der Waals surface area contributed by atoms with Crippen LogP contribution in [0.2, 0.25) is 0 Å². The predicted octanol–water partition coefficient (Wildman–Crippen LogP) is 4.34. The van der Waals surface area contributed by atoms with E-state index in [1.807, 2.05) is 6.07 Å². The summed E-state index contributed by atoms with van der Waals surface area (Å²) in [4.78, 5) is 4.57. The second-order valence-corrected chi connectivity index (χ2v) is 5.60. The fourth-order valence-corrected chi connectivity index (χ4v) is 2.74. The van der Waals surface area contributed by atoms with Crippen molar-refractivity contribution in [1.82, 2.24) is 4.98 Å². The first-order chi connectivity index (χ1) is 8.20. The van der Waals surface area contributed by atoms with Gasteiger partial charge < -0.3 is 0 Å². The van der Waals surface area contributed by atoms with Gasteiger partial charge in [0, 0.05) is 28.3 Å². The Morgan fingerprint density at radius 1 is 1.47 bits per heavy atom. The van der Waals surface area contributed by atoms with Gasteiger partial charge in [-0.05, 0) is 24.6 Å². The van der Waals surface area contributed by atoms with Gasteiger partial charge in [-0.2, -0.15) is 5.26 Å². The van der Waals surface area contributed by atoms with Crippen molar-refractivity contribution >= 4 is 27.3 Å². The van der Waals surface area contributed by atoms with Gasteiger partial charge in [0.25, 0.3) is 0 Å². The first-order valence-electron chi connectivity index (χ1n) is 5.28. The second-order valence-electron chi connectivity index (χ2n) is 3.74. The molecule has 0 N–H and O–H groups in total. The van der Waals surface area contributed by atoms with Crippen LogP contribution in [0.5, 0.6) is 0 Å². The van der Waals surface area contributed by atoms with Crippen LogP contribution in [0.25, 0.3) is 11.3 Å². The Bertz CT molecular complexity index is 569. The fraction of sp³-hybridized carbons (Fsp3) is 0.231. The molecular formula is C13H11BrN2S. The molecule has 0 saturated heterocycles. The highest BCUT2D eigenvalue weighted by atomic mass is 79.9. The molecule has 0 aliphatic carbocycles. The Labute approximate surface area is 113 Å². The molecule has 0 aliphatic heterocycles. The van der Waals surface area contributed by atoms with E-state index in [1.165, 1.54) is 5.56 Å². The van der Waals surface area contributed by atoms with Gasteiger partial charge in [0.15, 0.2) is 0 Å². The van der Waals surface area contributed by atoms with E-state index in [-0.39, 0.29) is 0 Å². The summed E-state index contributed by atoms with van der Waals surface area (Å²) in [5, 5.41) is 11.6. The van der Waals surface area contributed by atoms with Crippen molar-refractivity contribution in [3.05, 3.63) is 38.6 Å². The molecule has 1 aromatic carbocycles. The number of hydrogen-bond acceptors (Lipinski definition) is 3. The van der Waals surface area contributed by atoms with Crippen molar-refractivity contribution in [3.8, 4) is 17.3 Å². The van der Waals surface area contributed by atoms with Crippen molar-refractivity contribution in [1.29, 1.82) is 5.26 Å². The van der Waals surface area contributed by atoms with E-state index in [0.29, 0.717) is 6.42 Å². The zero-order chi connectivity index (χ0) is 12.3. The van der Waals surface area contributed by atoms with Crippen LogP contribution >= 0.6 is 27.3 Å². The minimum atomic E-state index is 0.532. The topological polar surface area (TPSA) is 36.7 Å². The zero-order valence-electron chi connectivity index (χ0n) is 9.40. The third-order valence-electron chi connectivity index (χ3n) is 2.48. The number of hydrogen-bond donors (Lipinski definition) is 0. The smallest absolute Gasteiger partial charge is 0.0942 e. The third-order valence-corrected chi connectivity index (χ3v) is 3.88. The molecule has 1 heterocycles. The number of nitriles is 1. The average Bonchev–Trinajstić information content (AvgIpc) is 2.78. The minimum Gasteiger partial charge on any atom is -0.241 e. The molecule has 4 heteroatoms. The maximum Gasteiger partial charge on any atom is 0.0942 e. The molecular weight excluding hydrogens is 296 g/mol. The summed E-state index contributed by atoms with van der Waals surface area (Å²) in [7, 11) is 0. The van der Waals surface area contributed by atoms with Crippen molar-refractivity contribution in [2.75, 3.05) is 0 Å². The maximum absolute atomic E-state index is 8.55. The lowest BCUT2D eigenvalue weighted by atomic mass is 10.1. The molecule has 0 amide bonds. The van der Waals surface area contributed by atoms with E-state index in [4.69, 9.17) is 5.26 Å². The van der Waals surface area contributed by atoms with Crippen LogP contribution in [0.4, 0.5) is 0 Å². The first-order valence-corrected chi connectivity index (χ1v) is 6.96. The fourth-order valence-electron chi connectivity index (χ4n) is 1.58. The summed E-state index contributed by atoms with van der Waals surface area (Å²) in [5.74, 6) is 0. The quantitative estimate of drug-likeness (QED) is 0.846. The summed E-state index contributed by atoms with van der Waals surface area (Å²) in [6.07, 6.45) is 1.28. The van der Waals surface area contributed by atoms with Crippen molar-refractivity contribution < 1.29 is 0 Å². The van der Waals surface area contributed by atoms with Gasteiger partial charge in [-0.15, -0.1) is 11.3 Å². The van der Waals surface area contributed by atoms with Crippen LogP contribution in [0.15, 0.2) is 28.1 Å². The SMILES string of the molecule is Cc1ccc(Br)cc1-c1csc(CCC#N)n1. The van der Waals surface area contributed by atoms with E-state index < -0.39 is 0 Å². The van der Waals surface area contributed by atoms with E-state index in [1.54, 1.807) is 11.3 Å². The standard InChI is InChI=1S/C13H11BrN2S/c1-9-4-5-10(14)7-11(9)12-8-17-13(16-12)3-2-6-15/h4-5,7-8H,2-3H2,1H3. The summed E-state index contributed by atoms with van der Waals surface area (Å²) < 4.78 is 1.06. The summed E-state index contributed by atoms with van der Waals surface area (Å²) in [6, 6.07) is 8.33. The third kappa shape index (κ3) is 2.93. The van der Waals surface area contributed by atoms with Gasteiger partial charge in [0.2, 0.25) is 0 Å². The predicted molar refractivity (Wildman–Crippen MR) is 73.9 cm³/mol. The van der Waals surface area contributed by atoms with Gasteiger partial charge in [-0.1, -0.05) is 22.0 Å². The monoisotopic (exact) mass is 306 g/mol. The highest BCUT2D eigenvalue weighted by Crippen LogP contribution is 2.28. The molecule has 0 radical (unpaired) electrons.